The second kappa shape index (κ2) is 10.3. The lowest BCUT2D eigenvalue weighted by Gasteiger charge is -2.11. The molecule has 0 saturated heterocycles. The Hall–Kier alpha value is -2.78. The second-order valence-electron chi connectivity index (χ2n) is 6.37. The van der Waals surface area contributed by atoms with Gasteiger partial charge in [-0.15, -0.1) is 10.2 Å². The van der Waals surface area contributed by atoms with Gasteiger partial charge in [-0.25, -0.2) is 0 Å². The van der Waals surface area contributed by atoms with Gasteiger partial charge in [-0.05, 0) is 43.3 Å². The summed E-state index contributed by atoms with van der Waals surface area (Å²) in [5.74, 6) is 0.0798. The molecule has 8 nitrogen and oxygen atoms in total. The Morgan fingerprint density at radius 3 is 2.63 bits per heavy atom. The van der Waals surface area contributed by atoms with Gasteiger partial charge in [-0.2, -0.15) is 0 Å². The van der Waals surface area contributed by atoms with E-state index in [1.807, 2.05) is 46.6 Å². The number of carbonyl (C=O) groups is 2. The molecule has 3 aromatic rings. The number of amides is 1. The minimum Gasteiger partial charge on any atom is -0.465 e. The number of thioether (sulfide) groups is 1. The fraction of sp³-hybridized carbons (Fsp3) is 0.300. The molecule has 10 heteroatoms. The maximum Gasteiger partial charge on any atom is 0.325 e. The molecule has 0 unspecified atom stereocenters. The highest BCUT2D eigenvalue weighted by atomic mass is 35.5. The lowest BCUT2D eigenvalue weighted by Crippen LogP contribution is -2.31. The largest absolute Gasteiger partial charge is 0.465 e. The number of aromatic nitrogens is 4. The molecular formula is C20H22ClN5O3S. The van der Waals surface area contributed by atoms with Gasteiger partial charge in [0.2, 0.25) is 5.91 Å². The van der Waals surface area contributed by atoms with Crippen molar-refractivity contribution in [1.29, 1.82) is 0 Å². The van der Waals surface area contributed by atoms with Crippen molar-refractivity contribution in [3.63, 3.8) is 0 Å². The summed E-state index contributed by atoms with van der Waals surface area (Å²) in [7, 11) is 1.97. The predicted molar refractivity (Wildman–Crippen MR) is 115 cm³/mol. The van der Waals surface area contributed by atoms with E-state index in [4.69, 9.17) is 16.3 Å². The molecule has 1 amide bonds. The van der Waals surface area contributed by atoms with Crippen molar-refractivity contribution in [2.45, 2.75) is 18.5 Å². The number of nitrogens with one attached hydrogen (secondary N) is 1. The minimum absolute atomic E-state index is 0.0925. The van der Waals surface area contributed by atoms with Gasteiger partial charge in [-0.3, -0.25) is 14.2 Å². The Bertz CT molecular complexity index is 1020. The Labute approximate surface area is 183 Å². The van der Waals surface area contributed by atoms with Crippen LogP contribution in [0.2, 0.25) is 5.02 Å². The molecule has 30 heavy (non-hydrogen) atoms. The quantitative estimate of drug-likeness (QED) is 0.400. The van der Waals surface area contributed by atoms with Crippen LogP contribution < -0.4 is 5.32 Å². The lowest BCUT2D eigenvalue weighted by atomic mass is 10.2. The van der Waals surface area contributed by atoms with Crippen molar-refractivity contribution < 1.29 is 14.3 Å². The zero-order valence-electron chi connectivity index (χ0n) is 16.7. The molecule has 0 aliphatic carbocycles. The smallest absolute Gasteiger partial charge is 0.325 e. The summed E-state index contributed by atoms with van der Waals surface area (Å²) in [5, 5.41) is 12.4. The zero-order chi connectivity index (χ0) is 21.5. The highest BCUT2D eigenvalue weighted by Gasteiger charge is 2.17. The summed E-state index contributed by atoms with van der Waals surface area (Å²) in [4.78, 5) is 23.5. The van der Waals surface area contributed by atoms with E-state index in [0.717, 1.165) is 17.2 Å². The van der Waals surface area contributed by atoms with Crippen LogP contribution in [0, 0.1) is 0 Å². The van der Waals surface area contributed by atoms with Crippen LogP contribution in [-0.4, -0.2) is 50.1 Å². The number of benzene rings is 1. The maximum atomic E-state index is 12.1. The summed E-state index contributed by atoms with van der Waals surface area (Å²) in [6, 6.07) is 11.3. The van der Waals surface area contributed by atoms with Crippen LogP contribution in [0.4, 0.5) is 0 Å². The van der Waals surface area contributed by atoms with Gasteiger partial charge in [0.1, 0.15) is 12.4 Å². The molecule has 0 spiro atoms. The van der Waals surface area contributed by atoms with Crippen LogP contribution in [0.1, 0.15) is 18.4 Å². The molecule has 1 N–H and O–H groups in total. The van der Waals surface area contributed by atoms with E-state index < -0.39 is 5.97 Å². The number of ether oxygens (including phenoxy) is 1. The summed E-state index contributed by atoms with van der Waals surface area (Å²) in [6.07, 6.45) is 2.55. The Kier molecular flexibility index (Phi) is 7.53. The fourth-order valence-corrected chi connectivity index (χ4v) is 3.69. The molecule has 1 aromatic carbocycles. The zero-order valence-corrected chi connectivity index (χ0v) is 18.2. The summed E-state index contributed by atoms with van der Waals surface area (Å²) < 4.78 is 8.74. The average molecular weight is 448 g/mol. The Balaban J connectivity index is 1.77. The third kappa shape index (κ3) is 5.64. The lowest BCUT2D eigenvalue weighted by molar-refractivity contribution is -0.143. The number of nitrogens with zero attached hydrogens (tertiary/aromatic N) is 4. The van der Waals surface area contributed by atoms with Gasteiger partial charge in [-0.1, -0.05) is 23.4 Å². The van der Waals surface area contributed by atoms with Crippen LogP contribution in [0.3, 0.4) is 0 Å². The molecule has 2 aromatic heterocycles. The number of aryl methyl sites for hydroxylation is 1. The van der Waals surface area contributed by atoms with Crippen molar-refractivity contribution in [2.24, 2.45) is 7.05 Å². The first-order valence-corrected chi connectivity index (χ1v) is 10.7. The predicted octanol–water partition coefficient (Wildman–Crippen LogP) is 2.62. The molecule has 0 radical (unpaired) electrons. The van der Waals surface area contributed by atoms with Crippen LogP contribution in [0.5, 0.6) is 0 Å². The van der Waals surface area contributed by atoms with Gasteiger partial charge in [0, 0.05) is 36.1 Å². The standard InChI is InChI=1S/C20H22ClN5O3S/c1-3-29-19(28)12-22-18(27)13-30-20-24-23-17(11-16-5-4-10-25(16)2)26(20)15-8-6-14(21)7-9-15/h4-10H,3,11-13H2,1-2H3,(H,22,27). The fourth-order valence-electron chi connectivity index (χ4n) is 2.76. The van der Waals surface area contributed by atoms with Crippen molar-refractivity contribution >= 4 is 35.2 Å². The van der Waals surface area contributed by atoms with Crippen molar-refractivity contribution in [3.05, 3.63) is 59.1 Å². The number of rotatable bonds is 9. The normalized spacial score (nSPS) is 10.8. The van der Waals surface area contributed by atoms with E-state index in [1.54, 1.807) is 19.1 Å². The van der Waals surface area contributed by atoms with Crippen molar-refractivity contribution in [2.75, 3.05) is 18.9 Å². The topological polar surface area (TPSA) is 91.0 Å². The van der Waals surface area contributed by atoms with E-state index in [1.165, 1.54) is 11.8 Å². The molecule has 0 fully saturated rings. The second-order valence-corrected chi connectivity index (χ2v) is 7.75. The third-order valence-corrected chi connectivity index (χ3v) is 5.42. The molecule has 158 valence electrons. The van der Waals surface area contributed by atoms with Gasteiger partial charge < -0.3 is 14.6 Å². The maximum absolute atomic E-state index is 12.1. The molecule has 0 bridgehead atoms. The number of esters is 1. The van der Waals surface area contributed by atoms with Gasteiger partial charge in [0.15, 0.2) is 5.16 Å². The van der Waals surface area contributed by atoms with Gasteiger partial charge in [0.05, 0.1) is 12.4 Å². The highest BCUT2D eigenvalue weighted by molar-refractivity contribution is 7.99. The van der Waals surface area contributed by atoms with Crippen LogP contribution in [0.25, 0.3) is 5.69 Å². The van der Waals surface area contributed by atoms with Crippen LogP contribution in [-0.2, 0) is 27.8 Å². The van der Waals surface area contributed by atoms with E-state index in [9.17, 15) is 9.59 Å². The summed E-state index contributed by atoms with van der Waals surface area (Å²) in [6.45, 7) is 1.83. The molecule has 0 saturated carbocycles. The highest BCUT2D eigenvalue weighted by Crippen LogP contribution is 2.24. The number of halogens is 1. The molecule has 0 aliphatic rings. The number of hydrogen-bond donors (Lipinski definition) is 1. The van der Waals surface area contributed by atoms with E-state index in [0.29, 0.717) is 16.6 Å². The molecule has 0 atom stereocenters. The Morgan fingerprint density at radius 1 is 1.20 bits per heavy atom. The number of hydrogen-bond acceptors (Lipinski definition) is 6. The van der Waals surface area contributed by atoms with Crippen LogP contribution in [0.15, 0.2) is 47.8 Å². The summed E-state index contributed by atoms with van der Waals surface area (Å²) in [5.41, 5.74) is 1.93. The first kappa shape index (κ1) is 21.9. The van der Waals surface area contributed by atoms with E-state index >= 15 is 0 Å². The van der Waals surface area contributed by atoms with Gasteiger partial charge in [0.25, 0.3) is 0 Å². The molecular weight excluding hydrogens is 426 g/mol. The summed E-state index contributed by atoms with van der Waals surface area (Å²) >= 11 is 7.28. The first-order valence-electron chi connectivity index (χ1n) is 9.33. The monoisotopic (exact) mass is 447 g/mol. The molecule has 2 heterocycles. The van der Waals surface area contributed by atoms with Crippen molar-refractivity contribution in [3.8, 4) is 5.69 Å². The molecule has 3 rings (SSSR count). The number of carbonyl (C=O) groups excluding carboxylic acids is 2. The van der Waals surface area contributed by atoms with Crippen LogP contribution >= 0.6 is 23.4 Å². The van der Waals surface area contributed by atoms with E-state index in [-0.39, 0.29) is 24.8 Å². The SMILES string of the molecule is CCOC(=O)CNC(=O)CSc1nnc(Cc2cccn2C)n1-c1ccc(Cl)cc1. The first-order chi connectivity index (χ1) is 14.5. The van der Waals surface area contributed by atoms with E-state index in [2.05, 4.69) is 15.5 Å². The Morgan fingerprint density at radius 2 is 1.97 bits per heavy atom. The van der Waals surface area contributed by atoms with Gasteiger partial charge >= 0.3 is 5.97 Å². The minimum atomic E-state index is -0.468. The van der Waals surface area contributed by atoms with Crippen molar-refractivity contribution in [1.82, 2.24) is 24.6 Å². The third-order valence-electron chi connectivity index (χ3n) is 4.24. The molecule has 0 aliphatic heterocycles. The average Bonchev–Trinajstić information content (AvgIpc) is 3.32.